The highest BCUT2D eigenvalue weighted by Gasteiger charge is 2.21. The largest absolute Gasteiger partial charge is 0.324 e. The second-order valence-corrected chi connectivity index (χ2v) is 7.33. The molecule has 8 heteroatoms. The summed E-state index contributed by atoms with van der Waals surface area (Å²) in [6, 6.07) is 11.3. The molecule has 2 N–H and O–H groups in total. The van der Waals surface area contributed by atoms with Gasteiger partial charge in [0.15, 0.2) is 0 Å². The van der Waals surface area contributed by atoms with Gasteiger partial charge in [-0.2, -0.15) is 0 Å². The summed E-state index contributed by atoms with van der Waals surface area (Å²) in [4.78, 5) is 23.2. The van der Waals surface area contributed by atoms with Crippen molar-refractivity contribution in [3.63, 3.8) is 0 Å². The fraction of sp³-hybridized carbons (Fsp3) is 0.318. The number of amides is 2. The molecule has 0 atom stereocenters. The minimum absolute atomic E-state index is 0.203. The molecule has 2 aromatic heterocycles. The molecule has 30 heavy (non-hydrogen) atoms. The van der Waals surface area contributed by atoms with E-state index in [0.717, 1.165) is 31.6 Å². The zero-order chi connectivity index (χ0) is 20.9. The van der Waals surface area contributed by atoms with Crippen molar-refractivity contribution in [3.05, 3.63) is 60.2 Å². The number of alkyl halides is 1. The second-order valence-electron chi connectivity index (χ2n) is 7.33. The average molecular weight is 411 g/mol. The number of carbonyl (C=O) groups is 1. The van der Waals surface area contributed by atoms with E-state index in [0.29, 0.717) is 23.4 Å². The Morgan fingerprint density at radius 2 is 1.90 bits per heavy atom. The van der Waals surface area contributed by atoms with Gasteiger partial charge in [-0.05, 0) is 50.2 Å². The minimum Gasteiger partial charge on any atom is -0.307 e. The standard InChI is InChI=1S/C22H23F2N5O/c23-10-14-29-12-8-15(9-13-29)18-5-2-6-20(26-18)28-22(30)27-19-7-11-25-21-16(19)3-1-4-17(21)24/h1-7,11,15H,8-10,12-14H2,(H2,25,26,27,28,30). The van der Waals surface area contributed by atoms with Crippen LogP contribution in [0, 0.1) is 5.82 Å². The normalized spacial score (nSPS) is 15.3. The number of halogens is 2. The number of likely N-dealkylation sites (tertiary alicyclic amines) is 1. The summed E-state index contributed by atoms with van der Waals surface area (Å²) < 4.78 is 26.4. The van der Waals surface area contributed by atoms with Crippen molar-refractivity contribution in [3.8, 4) is 0 Å². The number of hydrogen-bond donors (Lipinski definition) is 2. The number of aromatic nitrogens is 2. The number of nitrogens with one attached hydrogen (secondary N) is 2. The third-order valence-corrected chi connectivity index (χ3v) is 5.39. The van der Waals surface area contributed by atoms with Gasteiger partial charge in [-0.1, -0.05) is 18.2 Å². The molecular weight excluding hydrogens is 388 g/mol. The molecule has 1 saturated heterocycles. The number of fused-ring (bicyclic) bond motifs is 1. The first kappa shape index (κ1) is 20.2. The summed E-state index contributed by atoms with van der Waals surface area (Å²) in [5, 5.41) is 6.01. The molecule has 1 aromatic carbocycles. The monoisotopic (exact) mass is 411 g/mol. The van der Waals surface area contributed by atoms with Crippen LogP contribution in [-0.4, -0.2) is 47.2 Å². The molecule has 0 bridgehead atoms. The molecule has 0 spiro atoms. The van der Waals surface area contributed by atoms with Crippen LogP contribution in [0.5, 0.6) is 0 Å². The molecule has 4 rings (SSSR count). The highest BCUT2D eigenvalue weighted by Crippen LogP contribution is 2.27. The number of para-hydroxylation sites is 1. The van der Waals surface area contributed by atoms with Crippen LogP contribution in [0.2, 0.25) is 0 Å². The van der Waals surface area contributed by atoms with Crippen LogP contribution in [0.4, 0.5) is 25.1 Å². The first-order valence-electron chi connectivity index (χ1n) is 10.0. The summed E-state index contributed by atoms with van der Waals surface area (Å²) in [5.74, 6) is 0.294. The average Bonchev–Trinajstić information content (AvgIpc) is 2.75. The van der Waals surface area contributed by atoms with Crippen LogP contribution in [0.3, 0.4) is 0 Å². The van der Waals surface area contributed by atoms with Crippen molar-refractivity contribution in [2.24, 2.45) is 0 Å². The maximum absolute atomic E-state index is 13.9. The number of nitrogens with zero attached hydrogens (tertiary/aromatic N) is 3. The highest BCUT2D eigenvalue weighted by atomic mass is 19.1. The molecule has 0 radical (unpaired) electrons. The van der Waals surface area contributed by atoms with Crippen LogP contribution < -0.4 is 10.6 Å². The van der Waals surface area contributed by atoms with Crippen molar-refractivity contribution in [2.45, 2.75) is 18.8 Å². The molecular formula is C22H23F2N5O. The summed E-state index contributed by atoms with van der Waals surface area (Å²) in [7, 11) is 0. The van der Waals surface area contributed by atoms with Crippen molar-refractivity contribution in [2.75, 3.05) is 36.9 Å². The van der Waals surface area contributed by atoms with Crippen LogP contribution >= 0.6 is 0 Å². The summed E-state index contributed by atoms with van der Waals surface area (Å²) in [6.45, 7) is 1.85. The highest BCUT2D eigenvalue weighted by molar-refractivity contribution is 6.05. The third-order valence-electron chi connectivity index (χ3n) is 5.39. The Bertz CT molecular complexity index is 1040. The van der Waals surface area contributed by atoms with Crippen LogP contribution in [0.1, 0.15) is 24.5 Å². The molecule has 3 aromatic rings. The number of pyridine rings is 2. The van der Waals surface area contributed by atoms with Crippen molar-refractivity contribution < 1.29 is 13.6 Å². The topological polar surface area (TPSA) is 70.2 Å². The number of hydrogen-bond acceptors (Lipinski definition) is 4. The fourth-order valence-corrected chi connectivity index (χ4v) is 3.84. The zero-order valence-corrected chi connectivity index (χ0v) is 16.4. The van der Waals surface area contributed by atoms with Gasteiger partial charge in [0.25, 0.3) is 0 Å². The predicted octanol–water partition coefficient (Wildman–Crippen LogP) is 4.56. The summed E-state index contributed by atoms with van der Waals surface area (Å²) >= 11 is 0. The van der Waals surface area contributed by atoms with Gasteiger partial charge in [-0.15, -0.1) is 0 Å². The molecule has 0 aliphatic carbocycles. The van der Waals surface area contributed by atoms with E-state index in [4.69, 9.17) is 0 Å². The molecule has 6 nitrogen and oxygen atoms in total. The van der Waals surface area contributed by atoms with Crippen molar-refractivity contribution in [1.82, 2.24) is 14.9 Å². The van der Waals surface area contributed by atoms with Crippen LogP contribution in [0.25, 0.3) is 10.9 Å². The van der Waals surface area contributed by atoms with Gasteiger partial charge >= 0.3 is 6.03 Å². The lowest BCUT2D eigenvalue weighted by Crippen LogP contribution is -2.34. The first-order valence-corrected chi connectivity index (χ1v) is 10.0. The molecule has 1 aliphatic rings. The van der Waals surface area contributed by atoms with E-state index in [2.05, 4.69) is 25.5 Å². The molecule has 0 unspecified atom stereocenters. The molecule has 0 saturated carbocycles. The predicted molar refractivity (Wildman–Crippen MR) is 113 cm³/mol. The zero-order valence-electron chi connectivity index (χ0n) is 16.4. The van der Waals surface area contributed by atoms with Gasteiger partial charge in [0.05, 0.1) is 5.69 Å². The quantitative estimate of drug-likeness (QED) is 0.646. The van der Waals surface area contributed by atoms with Gasteiger partial charge in [-0.25, -0.2) is 18.6 Å². The van der Waals surface area contributed by atoms with Gasteiger partial charge in [0.1, 0.15) is 23.8 Å². The van der Waals surface area contributed by atoms with E-state index >= 15 is 0 Å². The smallest absolute Gasteiger partial charge is 0.307 e. The maximum Gasteiger partial charge on any atom is 0.324 e. The van der Waals surface area contributed by atoms with E-state index in [1.165, 1.54) is 12.3 Å². The van der Waals surface area contributed by atoms with Crippen LogP contribution in [0.15, 0.2) is 48.7 Å². The van der Waals surface area contributed by atoms with Gasteiger partial charge in [0, 0.05) is 29.7 Å². The Morgan fingerprint density at radius 3 is 2.70 bits per heavy atom. The summed E-state index contributed by atoms with van der Waals surface area (Å²) in [5.41, 5.74) is 1.59. The molecule has 3 heterocycles. The van der Waals surface area contributed by atoms with Crippen molar-refractivity contribution >= 4 is 28.4 Å². The van der Waals surface area contributed by atoms with E-state index < -0.39 is 11.8 Å². The molecule has 2 amide bonds. The second kappa shape index (κ2) is 9.13. The van der Waals surface area contributed by atoms with Crippen LogP contribution in [-0.2, 0) is 0 Å². The van der Waals surface area contributed by atoms with E-state index in [9.17, 15) is 13.6 Å². The van der Waals surface area contributed by atoms with E-state index in [-0.39, 0.29) is 18.1 Å². The Balaban J connectivity index is 1.42. The fourth-order valence-electron chi connectivity index (χ4n) is 3.84. The lowest BCUT2D eigenvalue weighted by molar-refractivity contribution is 0.196. The van der Waals surface area contributed by atoms with Gasteiger partial charge in [0.2, 0.25) is 0 Å². The van der Waals surface area contributed by atoms with E-state index in [1.54, 1.807) is 24.3 Å². The number of rotatable bonds is 5. The number of benzene rings is 1. The molecule has 1 aliphatic heterocycles. The van der Waals surface area contributed by atoms with Gasteiger partial charge < -0.3 is 10.2 Å². The molecule has 156 valence electrons. The SMILES string of the molecule is O=C(Nc1cccc(C2CCN(CCF)CC2)n1)Nc1ccnc2c(F)cccc12. The Morgan fingerprint density at radius 1 is 1.10 bits per heavy atom. The lowest BCUT2D eigenvalue weighted by atomic mass is 9.93. The first-order chi connectivity index (χ1) is 14.6. The number of carbonyl (C=O) groups excluding carboxylic acids is 1. The Labute approximate surface area is 173 Å². The maximum atomic E-state index is 13.9. The number of piperidine rings is 1. The van der Waals surface area contributed by atoms with E-state index in [1.807, 2.05) is 12.1 Å². The Kier molecular flexibility index (Phi) is 6.13. The minimum atomic E-state index is -0.464. The molecule has 1 fully saturated rings. The Hall–Kier alpha value is -3.13. The lowest BCUT2D eigenvalue weighted by Gasteiger charge is -2.31. The number of anilines is 2. The van der Waals surface area contributed by atoms with Crippen molar-refractivity contribution in [1.29, 1.82) is 0 Å². The number of urea groups is 1. The summed E-state index contributed by atoms with van der Waals surface area (Å²) in [6.07, 6.45) is 3.28. The third kappa shape index (κ3) is 4.54. The van der Waals surface area contributed by atoms with Gasteiger partial charge in [-0.3, -0.25) is 10.3 Å².